The van der Waals surface area contributed by atoms with Gasteiger partial charge in [-0.2, -0.15) is 0 Å². The first kappa shape index (κ1) is 13.9. The van der Waals surface area contributed by atoms with Crippen LogP contribution in [-0.2, 0) is 14.3 Å². The number of morpholine rings is 1. The zero-order valence-corrected chi connectivity index (χ0v) is 10.3. The standard InChI is InChI=1S/C11H20N2O4/c1-3-7(2)9(12)10(14)13-4-5-17-6-8(13)11(15)16/h7-9H,3-6,12H2,1-2H3,(H,15,16). The minimum atomic E-state index is -1.05. The molecule has 1 amide bonds. The maximum absolute atomic E-state index is 12.1. The molecule has 1 saturated heterocycles. The fraction of sp³-hybridized carbons (Fsp3) is 0.818. The van der Waals surface area contributed by atoms with Crippen LogP contribution in [0.15, 0.2) is 0 Å². The predicted molar refractivity (Wildman–Crippen MR) is 61.4 cm³/mol. The van der Waals surface area contributed by atoms with Gasteiger partial charge in [0.15, 0.2) is 6.04 Å². The Bertz CT molecular complexity index is 295. The number of carbonyl (C=O) groups is 2. The van der Waals surface area contributed by atoms with Crippen LogP contribution in [0, 0.1) is 5.92 Å². The van der Waals surface area contributed by atoms with Crippen LogP contribution in [0.4, 0.5) is 0 Å². The summed E-state index contributed by atoms with van der Waals surface area (Å²) >= 11 is 0. The first-order chi connectivity index (χ1) is 7.99. The van der Waals surface area contributed by atoms with Crippen LogP contribution >= 0.6 is 0 Å². The molecule has 0 saturated carbocycles. The van der Waals surface area contributed by atoms with E-state index in [1.165, 1.54) is 4.90 Å². The highest BCUT2D eigenvalue weighted by atomic mass is 16.5. The van der Waals surface area contributed by atoms with E-state index in [9.17, 15) is 9.59 Å². The lowest BCUT2D eigenvalue weighted by molar-refractivity contribution is -0.159. The third-order valence-electron chi connectivity index (χ3n) is 3.24. The van der Waals surface area contributed by atoms with Gasteiger partial charge in [-0.05, 0) is 5.92 Å². The second kappa shape index (κ2) is 5.97. The van der Waals surface area contributed by atoms with Gasteiger partial charge in [0, 0.05) is 6.54 Å². The Kier molecular flexibility index (Phi) is 4.89. The van der Waals surface area contributed by atoms with Crippen molar-refractivity contribution in [2.24, 2.45) is 11.7 Å². The number of carboxylic acids is 1. The fourth-order valence-electron chi connectivity index (χ4n) is 1.76. The van der Waals surface area contributed by atoms with Gasteiger partial charge in [-0.15, -0.1) is 0 Å². The van der Waals surface area contributed by atoms with Crippen LogP contribution in [0.2, 0.25) is 0 Å². The van der Waals surface area contributed by atoms with Crippen molar-refractivity contribution >= 4 is 11.9 Å². The van der Waals surface area contributed by atoms with E-state index in [4.69, 9.17) is 15.6 Å². The zero-order chi connectivity index (χ0) is 13.0. The Morgan fingerprint density at radius 3 is 2.76 bits per heavy atom. The molecule has 1 aliphatic heterocycles. The zero-order valence-electron chi connectivity index (χ0n) is 10.3. The molecule has 1 fully saturated rings. The summed E-state index contributed by atoms with van der Waals surface area (Å²) in [6.45, 7) is 4.53. The van der Waals surface area contributed by atoms with Crippen LogP contribution in [0.1, 0.15) is 20.3 Å². The molecule has 98 valence electrons. The number of nitrogens with zero attached hydrogens (tertiary/aromatic N) is 1. The van der Waals surface area contributed by atoms with Crippen LogP contribution in [-0.4, -0.2) is 53.7 Å². The fourth-order valence-corrected chi connectivity index (χ4v) is 1.76. The van der Waals surface area contributed by atoms with Crippen molar-refractivity contribution < 1.29 is 19.4 Å². The van der Waals surface area contributed by atoms with E-state index in [0.29, 0.717) is 13.2 Å². The summed E-state index contributed by atoms with van der Waals surface area (Å²) < 4.78 is 5.07. The van der Waals surface area contributed by atoms with Gasteiger partial charge in [0.05, 0.1) is 19.3 Å². The minimum Gasteiger partial charge on any atom is -0.480 e. The third kappa shape index (κ3) is 3.17. The summed E-state index contributed by atoms with van der Waals surface area (Å²) in [6, 6.07) is -1.55. The number of hydrogen-bond donors (Lipinski definition) is 2. The van der Waals surface area contributed by atoms with E-state index in [-0.39, 0.29) is 18.4 Å². The van der Waals surface area contributed by atoms with Crippen molar-refractivity contribution in [1.29, 1.82) is 0 Å². The Hall–Kier alpha value is -1.14. The SMILES string of the molecule is CCC(C)C(N)C(=O)N1CCOCC1C(=O)O. The van der Waals surface area contributed by atoms with Crippen molar-refractivity contribution in [3.05, 3.63) is 0 Å². The molecule has 1 rings (SSSR count). The number of rotatable bonds is 4. The van der Waals surface area contributed by atoms with Crippen molar-refractivity contribution in [2.75, 3.05) is 19.8 Å². The van der Waals surface area contributed by atoms with Crippen molar-refractivity contribution in [3.8, 4) is 0 Å². The maximum atomic E-state index is 12.1. The number of carboxylic acid groups (broad SMARTS) is 1. The van der Waals surface area contributed by atoms with Crippen LogP contribution in [0.25, 0.3) is 0 Å². The third-order valence-corrected chi connectivity index (χ3v) is 3.24. The molecule has 0 aromatic heterocycles. The van der Waals surface area contributed by atoms with Gasteiger partial charge < -0.3 is 20.5 Å². The monoisotopic (exact) mass is 244 g/mol. The average molecular weight is 244 g/mol. The summed E-state index contributed by atoms with van der Waals surface area (Å²) in [5.74, 6) is -1.30. The molecule has 1 aliphatic rings. The first-order valence-corrected chi connectivity index (χ1v) is 5.85. The minimum absolute atomic E-state index is 0.0360. The quantitative estimate of drug-likeness (QED) is 0.706. The Morgan fingerprint density at radius 1 is 1.59 bits per heavy atom. The average Bonchev–Trinajstić information content (AvgIpc) is 2.35. The lowest BCUT2D eigenvalue weighted by Gasteiger charge is -2.35. The number of hydrogen-bond acceptors (Lipinski definition) is 4. The van der Waals surface area contributed by atoms with Gasteiger partial charge in [-0.1, -0.05) is 20.3 Å². The highest BCUT2D eigenvalue weighted by Crippen LogP contribution is 2.13. The van der Waals surface area contributed by atoms with Crippen molar-refractivity contribution in [1.82, 2.24) is 4.90 Å². The summed E-state index contributed by atoms with van der Waals surface area (Å²) in [7, 11) is 0. The van der Waals surface area contributed by atoms with Gasteiger partial charge >= 0.3 is 5.97 Å². The molecule has 0 aromatic carbocycles. The number of amides is 1. The topological polar surface area (TPSA) is 92.9 Å². The van der Waals surface area contributed by atoms with E-state index < -0.39 is 18.1 Å². The number of aliphatic carboxylic acids is 1. The van der Waals surface area contributed by atoms with E-state index >= 15 is 0 Å². The van der Waals surface area contributed by atoms with Gasteiger partial charge in [0.25, 0.3) is 0 Å². The molecular weight excluding hydrogens is 224 g/mol. The molecule has 17 heavy (non-hydrogen) atoms. The highest BCUT2D eigenvalue weighted by Gasteiger charge is 2.36. The molecule has 0 radical (unpaired) electrons. The number of ether oxygens (including phenoxy) is 1. The molecule has 3 N–H and O–H groups in total. The molecular formula is C11H20N2O4. The summed E-state index contributed by atoms with van der Waals surface area (Å²) in [5, 5.41) is 9.02. The maximum Gasteiger partial charge on any atom is 0.328 e. The molecule has 0 bridgehead atoms. The Labute approximate surface area is 101 Å². The van der Waals surface area contributed by atoms with Gasteiger partial charge in [-0.3, -0.25) is 4.79 Å². The van der Waals surface area contributed by atoms with Crippen LogP contribution < -0.4 is 5.73 Å². The molecule has 1 heterocycles. The van der Waals surface area contributed by atoms with Crippen molar-refractivity contribution in [2.45, 2.75) is 32.4 Å². The van der Waals surface area contributed by atoms with Gasteiger partial charge in [-0.25, -0.2) is 4.79 Å². The largest absolute Gasteiger partial charge is 0.480 e. The van der Waals surface area contributed by atoms with Gasteiger partial charge in [0.2, 0.25) is 5.91 Å². The molecule has 0 spiro atoms. The molecule has 6 nitrogen and oxygen atoms in total. The smallest absolute Gasteiger partial charge is 0.328 e. The summed E-state index contributed by atoms with van der Waals surface area (Å²) in [4.78, 5) is 24.4. The first-order valence-electron chi connectivity index (χ1n) is 5.85. The molecule has 6 heteroatoms. The van der Waals surface area contributed by atoms with Crippen molar-refractivity contribution in [3.63, 3.8) is 0 Å². The predicted octanol–water partition coefficient (Wildman–Crippen LogP) is -0.328. The Balaban J connectivity index is 2.74. The van der Waals surface area contributed by atoms with Crippen LogP contribution in [0.3, 0.4) is 0 Å². The van der Waals surface area contributed by atoms with E-state index in [2.05, 4.69) is 0 Å². The van der Waals surface area contributed by atoms with E-state index in [1.807, 2.05) is 13.8 Å². The second-order valence-corrected chi connectivity index (χ2v) is 4.37. The highest BCUT2D eigenvalue weighted by molar-refractivity contribution is 5.87. The Morgan fingerprint density at radius 2 is 2.24 bits per heavy atom. The summed E-state index contributed by atoms with van der Waals surface area (Å²) in [6.07, 6.45) is 0.787. The normalized spacial score (nSPS) is 24.2. The molecule has 3 unspecified atom stereocenters. The van der Waals surface area contributed by atoms with Gasteiger partial charge in [0.1, 0.15) is 0 Å². The number of nitrogens with two attached hydrogens (primary N) is 1. The van der Waals surface area contributed by atoms with E-state index in [0.717, 1.165) is 6.42 Å². The van der Waals surface area contributed by atoms with E-state index in [1.54, 1.807) is 0 Å². The molecule has 0 aromatic rings. The second-order valence-electron chi connectivity index (χ2n) is 4.37. The molecule has 3 atom stereocenters. The lowest BCUT2D eigenvalue weighted by atomic mass is 9.98. The lowest BCUT2D eigenvalue weighted by Crippen LogP contribution is -2.58. The summed E-state index contributed by atoms with van der Waals surface area (Å²) in [5.41, 5.74) is 5.84. The number of carbonyl (C=O) groups excluding carboxylic acids is 1. The molecule has 0 aliphatic carbocycles. The van der Waals surface area contributed by atoms with Crippen LogP contribution in [0.5, 0.6) is 0 Å².